The maximum atomic E-state index is 13.0. The molecule has 0 aliphatic carbocycles. The molecule has 106 valence electrons. The first-order valence-corrected chi connectivity index (χ1v) is 6.52. The molecular weight excluding hydrogens is 335 g/mol. The van der Waals surface area contributed by atoms with Crippen LogP contribution in [0.4, 0.5) is 13.2 Å². The first-order valence-electron chi connectivity index (χ1n) is 5.73. The van der Waals surface area contributed by atoms with Crippen LogP contribution in [0.5, 0.6) is 0 Å². The van der Waals surface area contributed by atoms with Gasteiger partial charge in [-0.2, -0.15) is 13.2 Å². The van der Waals surface area contributed by atoms with E-state index >= 15 is 0 Å². The number of pyridine rings is 1. The Bertz CT molecular complexity index is 626. The van der Waals surface area contributed by atoms with E-state index in [1.807, 2.05) is 0 Å². The number of aliphatic hydroxyl groups is 1. The second kappa shape index (κ2) is 5.18. The molecule has 1 atom stereocenters. The summed E-state index contributed by atoms with van der Waals surface area (Å²) in [5, 5.41) is 10.6. The summed E-state index contributed by atoms with van der Waals surface area (Å²) in [5.41, 5.74) is -2.60. The van der Waals surface area contributed by atoms with Crippen molar-refractivity contribution in [2.24, 2.45) is 0 Å². The fraction of sp³-hybridized carbons (Fsp3) is 0.214. The Kier molecular flexibility index (Phi) is 3.88. The molecule has 20 heavy (non-hydrogen) atoms. The zero-order valence-corrected chi connectivity index (χ0v) is 12.0. The van der Waals surface area contributed by atoms with Crippen molar-refractivity contribution in [3.63, 3.8) is 0 Å². The van der Waals surface area contributed by atoms with E-state index in [4.69, 9.17) is 0 Å². The van der Waals surface area contributed by atoms with Gasteiger partial charge in [0.05, 0.1) is 5.56 Å². The van der Waals surface area contributed by atoms with Crippen LogP contribution in [0.1, 0.15) is 23.6 Å². The Morgan fingerprint density at radius 3 is 2.45 bits per heavy atom. The third-order valence-electron chi connectivity index (χ3n) is 3.04. The summed E-state index contributed by atoms with van der Waals surface area (Å²) in [6.45, 7) is 1.32. The minimum atomic E-state index is -4.55. The fourth-order valence-corrected chi connectivity index (χ4v) is 2.38. The van der Waals surface area contributed by atoms with Gasteiger partial charge in [0.2, 0.25) is 0 Å². The van der Waals surface area contributed by atoms with Crippen molar-refractivity contribution in [1.29, 1.82) is 0 Å². The van der Waals surface area contributed by atoms with Crippen molar-refractivity contribution in [2.45, 2.75) is 18.7 Å². The Balaban J connectivity index is 2.61. The number of nitrogens with zero attached hydrogens (tertiary/aromatic N) is 1. The topological polar surface area (TPSA) is 33.1 Å². The van der Waals surface area contributed by atoms with Gasteiger partial charge in [0.1, 0.15) is 5.60 Å². The molecule has 6 heteroatoms. The minimum Gasteiger partial charge on any atom is -0.381 e. The highest BCUT2D eigenvalue weighted by molar-refractivity contribution is 9.10. The highest BCUT2D eigenvalue weighted by atomic mass is 79.9. The predicted molar refractivity (Wildman–Crippen MR) is 72.1 cm³/mol. The molecule has 0 aliphatic heterocycles. The second-order valence-electron chi connectivity index (χ2n) is 4.50. The predicted octanol–water partition coefficient (Wildman–Crippen LogP) is 4.12. The lowest BCUT2D eigenvalue weighted by Crippen LogP contribution is -2.27. The van der Waals surface area contributed by atoms with Gasteiger partial charge in [-0.15, -0.1) is 0 Å². The molecule has 0 amide bonds. The number of benzene rings is 1. The molecule has 1 unspecified atom stereocenters. The van der Waals surface area contributed by atoms with Crippen LogP contribution in [-0.2, 0) is 11.8 Å². The molecule has 1 aromatic carbocycles. The van der Waals surface area contributed by atoms with Crippen molar-refractivity contribution < 1.29 is 18.3 Å². The lowest BCUT2D eigenvalue weighted by molar-refractivity contribution is -0.140. The molecule has 2 aromatic rings. The van der Waals surface area contributed by atoms with Crippen LogP contribution in [0, 0.1) is 0 Å². The molecule has 0 saturated carbocycles. The van der Waals surface area contributed by atoms with Gasteiger partial charge in [0, 0.05) is 22.4 Å². The van der Waals surface area contributed by atoms with Crippen molar-refractivity contribution in [3.05, 3.63) is 63.9 Å². The molecule has 0 saturated heterocycles. The maximum Gasteiger partial charge on any atom is 0.416 e. The Morgan fingerprint density at radius 1 is 1.15 bits per heavy atom. The monoisotopic (exact) mass is 345 g/mol. The van der Waals surface area contributed by atoms with Crippen LogP contribution in [0.2, 0.25) is 0 Å². The van der Waals surface area contributed by atoms with Gasteiger partial charge < -0.3 is 5.11 Å². The number of hydrogen-bond acceptors (Lipinski definition) is 2. The molecule has 0 fully saturated rings. The van der Waals surface area contributed by atoms with E-state index in [0.29, 0.717) is 10.0 Å². The van der Waals surface area contributed by atoms with Crippen LogP contribution in [0.15, 0.2) is 47.2 Å². The quantitative estimate of drug-likeness (QED) is 0.888. The van der Waals surface area contributed by atoms with Crippen molar-refractivity contribution in [2.75, 3.05) is 0 Å². The average molecular weight is 346 g/mol. The molecule has 0 aliphatic rings. The zero-order chi connectivity index (χ0) is 15.0. The molecule has 2 rings (SSSR count). The first kappa shape index (κ1) is 15.0. The zero-order valence-electron chi connectivity index (χ0n) is 10.4. The number of aromatic nitrogens is 1. The van der Waals surface area contributed by atoms with E-state index in [-0.39, 0.29) is 5.56 Å². The molecule has 2 nitrogen and oxygen atoms in total. The van der Waals surface area contributed by atoms with Crippen LogP contribution in [0.3, 0.4) is 0 Å². The smallest absolute Gasteiger partial charge is 0.381 e. The summed E-state index contributed by atoms with van der Waals surface area (Å²) in [7, 11) is 0. The third-order valence-corrected chi connectivity index (χ3v) is 3.53. The Morgan fingerprint density at radius 2 is 1.85 bits per heavy atom. The number of alkyl halides is 3. The van der Waals surface area contributed by atoms with Gasteiger partial charge in [-0.3, -0.25) is 4.98 Å². The number of halogens is 4. The SMILES string of the molecule is CC(O)(c1cccc(Br)c1)c1cnccc1C(F)(F)F. The Hall–Kier alpha value is -1.40. The summed E-state index contributed by atoms with van der Waals surface area (Å²) >= 11 is 3.24. The van der Waals surface area contributed by atoms with Crippen molar-refractivity contribution >= 4 is 15.9 Å². The van der Waals surface area contributed by atoms with E-state index < -0.39 is 17.3 Å². The molecular formula is C14H11BrF3NO. The summed E-state index contributed by atoms with van der Waals surface area (Å²) < 4.78 is 39.8. The molecule has 0 radical (unpaired) electrons. The van der Waals surface area contributed by atoms with Gasteiger partial charge in [-0.1, -0.05) is 28.1 Å². The second-order valence-corrected chi connectivity index (χ2v) is 5.42. The van der Waals surface area contributed by atoms with Crippen LogP contribution < -0.4 is 0 Å². The Labute approximate surface area is 122 Å². The van der Waals surface area contributed by atoms with E-state index in [1.165, 1.54) is 6.92 Å². The molecule has 0 spiro atoms. The van der Waals surface area contributed by atoms with Crippen molar-refractivity contribution in [3.8, 4) is 0 Å². The van der Waals surface area contributed by atoms with Gasteiger partial charge in [-0.25, -0.2) is 0 Å². The van der Waals surface area contributed by atoms with E-state index in [0.717, 1.165) is 18.5 Å². The summed E-state index contributed by atoms with van der Waals surface area (Å²) in [6.07, 6.45) is -2.44. The standard InChI is InChI=1S/C14H11BrF3NO/c1-13(20,9-3-2-4-10(15)7-9)12-8-19-6-5-11(12)14(16,17)18/h2-8,20H,1H3. The summed E-state index contributed by atoms with van der Waals surface area (Å²) in [5.74, 6) is 0. The largest absolute Gasteiger partial charge is 0.416 e. The first-order chi connectivity index (χ1) is 9.23. The van der Waals surface area contributed by atoms with Crippen LogP contribution >= 0.6 is 15.9 Å². The van der Waals surface area contributed by atoms with Crippen LogP contribution in [-0.4, -0.2) is 10.1 Å². The number of rotatable bonds is 2. The number of hydrogen-bond donors (Lipinski definition) is 1. The third kappa shape index (κ3) is 2.86. The molecule has 1 heterocycles. The molecule has 1 N–H and O–H groups in total. The van der Waals surface area contributed by atoms with Gasteiger partial charge >= 0.3 is 6.18 Å². The highest BCUT2D eigenvalue weighted by Crippen LogP contribution is 2.39. The van der Waals surface area contributed by atoms with Gasteiger partial charge in [0.15, 0.2) is 0 Å². The lowest BCUT2D eigenvalue weighted by atomic mass is 9.86. The molecule has 1 aromatic heterocycles. The van der Waals surface area contributed by atoms with E-state index in [2.05, 4.69) is 20.9 Å². The average Bonchev–Trinajstić information content (AvgIpc) is 2.38. The van der Waals surface area contributed by atoms with Gasteiger partial charge in [0.25, 0.3) is 0 Å². The maximum absolute atomic E-state index is 13.0. The minimum absolute atomic E-state index is 0.273. The molecule has 0 bridgehead atoms. The lowest BCUT2D eigenvalue weighted by Gasteiger charge is -2.27. The highest BCUT2D eigenvalue weighted by Gasteiger charge is 2.39. The normalized spacial score (nSPS) is 14.9. The summed E-state index contributed by atoms with van der Waals surface area (Å²) in [6, 6.07) is 7.39. The van der Waals surface area contributed by atoms with E-state index in [1.54, 1.807) is 24.3 Å². The summed E-state index contributed by atoms with van der Waals surface area (Å²) in [4.78, 5) is 3.70. The van der Waals surface area contributed by atoms with Crippen LogP contribution in [0.25, 0.3) is 0 Å². The van der Waals surface area contributed by atoms with Crippen molar-refractivity contribution in [1.82, 2.24) is 4.98 Å². The van der Waals surface area contributed by atoms with Gasteiger partial charge in [-0.05, 0) is 30.7 Å². The fourth-order valence-electron chi connectivity index (χ4n) is 1.98. The van der Waals surface area contributed by atoms with E-state index in [9.17, 15) is 18.3 Å².